The number of hydrogen-bond acceptors (Lipinski definition) is 4. The molecule has 1 saturated heterocycles. The van der Waals surface area contributed by atoms with Crippen molar-refractivity contribution in [3.05, 3.63) is 23.8 Å². The van der Waals surface area contributed by atoms with Crippen LogP contribution in [0.4, 0.5) is 0 Å². The highest BCUT2D eigenvalue weighted by molar-refractivity contribution is 5.44. The third kappa shape index (κ3) is 3.33. The number of hydrogen-bond donors (Lipinski definition) is 1. The molecule has 4 nitrogen and oxygen atoms in total. The van der Waals surface area contributed by atoms with Crippen LogP contribution < -0.4 is 14.8 Å². The summed E-state index contributed by atoms with van der Waals surface area (Å²) in [6.07, 6.45) is 5.10. The zero-order chi connectivity index (χ0) is 14.7. The standard InChI is InChI=1S/C17H26N2O2/c1-18-16-12-21-17-11-14(6-7-15(16)17)20-10-8-13-5-3-4-9-19(13)2/h6-7,11,13,16,18H,3-5,8-10,12H2,1-2H3. The van der Waals surface area contributed by atoms with Crippen molar-refractivity contribution in [1.29, 1.82) is 0 Å². The highest BCUT2D eigenvalue weighted by Crippen LogP contribution is 2.35. The van der Waals surface area contributed by atoms with E-state index < -0.39 is 0 Å². The average molecular weight is 290 g/mol. The van der Waals surface area contributed by atoms with Crippen LogP contribution in [0.2, 0.25) is 0 Å². The number of piperidine rings is 1. The number of benzene rings is 1. The molecule has 0 radical (unpaired) electrons. The van der Waals surface area contributed by atoms with Crippen LogP contribution in [-0.2, 0) is 0 Å². The molecule has 2 unspecified atom stereocenters. The first kappa shape index (κ1) is 14.7. The molecule has 2 atom stereocenters. The Labute approximate surface area is 127 Å². The zero-order valence-corrected chi connectivity index (χ0v) is 13.1. The van der Waals surface area contributed by atoms with Crippen LogP contribution in [-0.4, -0.2) is 44.8 Å². The number of nitrogens with one attached hydrogen (secondary N) is 1. The second-order valence-electron chi connectivity index (χ2n) is 6.12. The smallest absolute Gasteiger partial charge is 0.127 e. The van der Waals surface area contributed by atoms with E-state index in [1.54, 1.807) is 0 Å². The Morgan fingerprint density at radius 2 is 2.29 bits per heavy atom. The highest BCUT2D eigenvalue weighted by Gasteiger charge is 2.23. The van der Waals surface area contributed by atoms with Gasteiger partial charge in [0.15, 0.2) is 0 Å². The maximum absolute atomic E-state index is 5.92. The third-order valence-electron chi connectivity index (χ3n) is 4.76. The predicted octanol–water partition coefficient (Wildman–Crippen LogP) is 2.59. The van der Waals surface area contributed by atoms with E-state index in [1.807, 2.05) is 13.1 Å². The normalized spacial score (nSPS) is 25.4. The highest BCUT2D eigenvalue weighted by atomic mass is 16.5. The van der Waals surface area contributed by atoms with Gasteiger partial charge in [-0.25, -0.2) is 0 Å². The van der Waals surface area contributed by atoms with Gasteiger partial charge in [-0.15, -0.1) is 0 Å². The quantitative estimate of drug-likeness (QED) is 0.904. The summed E-state index contributed by atoms with van der Waals surface area (Å²) >= 11 is 0. The van der Waals surface area contributed by atoms with Crippen LogP contribution >= 0.6 is 0 Å². The van der Waals surface area contributed by atoms with Crippen molar-refractivity contribution >= 4 is 0 Å². The van der Waals surface area contributed by atoms with Gasteiger partial charge < -0.3 is 19.7 Å². The Bertz CT molecular complexity index is 478. The first-order chi connectivity index (χ1) is 10.3. The Kier molecular flexibility index (Phi) is 4.66. The summed E-state index contributed by atoms with van der Waals surface area (Å²) in [5, 5.41) is 3.26. The maximum atomic E-state index is 5.92. The third-order valence-corrected chi connectivity index (χ3v) is 4.76. The molecule has 116 valence electrons. The molecule has 0 spiro atoms. The van der Waals surface area contributed by atoms with Crippen LogP contribution in [0.15, 0.2) is 18.2 Å². The van der Waals surface area contributed by atoms with E-state index in [4.69, 9.17) is 9.47 Å². The minimum Gasteiger partial charge on any atom is -0.493 e. The van der Waals surface area contributed by atoms with E-state index in [9.17, 15) is 0 Å². The van der Waals surface area contributed by atoms with Gasteiger partial charge in [-0.1, -0.05) is 6.42 Å². The Balaban J connectivity index is 1.52. The van der Waals surface area contributed by atoms with Gasteiger partial charge in [-0.05, 0) is 52.0 Å². The molecule has 0 aromatic heterocycles. The average Bonchev–Trinajstić information content (AvgIpc) is 2.91. The molecule has 3 rings (SSSR count). The van der Waals surface area contributed by atoms with Gasteiger partial charge in [0.2, 0.25) is 0 Å². The van der Waals surface area contributed by atoms with Crippen molar-refractivity contribution in [3.8, 4) is 11.5 Å². The monoisotopic (exact) mass is 290 g/mol. The van der Waals surface area contributed by atoms with Crippen molar-refractivity contribution in [1.82, 2.24) is 10.2 Å². The molecule has 1 aromatic carbocycles. The first-order valence-corrected chi connectivity index (χ1v) is 8.05. The van der Waals surface area contributed by atoms with Gasteiger partial charge in [0, 0.05) is 17.7 Å². The molecule has 4 heteroatoms. The second-order valence-corrected chi connectivity index (χ2v) is 6.12. The molecule has 0 aliphatic carbocycles. The fraction of sp³-hybridized carbons (Fsp3) is 0.647. The van der Waals surface area contributed by atoms with Gasteiger partial charge in [-0.2, -0.15) is 0 Å². The first-order valence-electron chi connectivity index (χ1n) is 8.05. The van der Waals surface area contributed by atoms with Crippen LogP contribution in [0, 0.1) is 0 Å². The lowest BCUT2D eigenvalue weighted by Gasteiger charge is -2.32. The maximum Gasteiger partial charge on any atom is 0.127 e. The van der Waals surface area contributed by atoms with E-state index in [0.29, 0.717) is 18.7 Å². The van der Waals surface area contributed by atoms with Gasteiger partial charge in [0.25, 0.3) is 0 Å². The van der Waals surface area contributed by atoms with Crippen molar-refractivity contribution in [2.45, 2.75) is 37.8 Å². The summed E-state index contributed by atoms with van der Waals surface area (Å²) in [5.74, 6) is 1.88. The summed E-state index contributed by atoms with van der Waals surface area (Å²) < 4.78 is 11.6. The summed E-state index contributed by atoms with van der Waals surface area (Å²) in [4.78, 5) is 2.47. The Morgan fingerprint density at radius 3 is 3.10 bits per heavy atom. The minimum absolute atomic E-state index is 0.310. The van der Waals surface area contributed by atoms with Crippen molar-refractivity contribution in [2.24, 2.45) is 0 Å². The van der Waals surface area contributed by atoms with Crippen LogP contribution in [0.5, 0.6) is 11.5 Å². The molecule has 2 heterocycles. The number of likely N-dealkylation sites (tertiary alicyclic amines) is 1. The molecule has 0 amide bonds. The van der Waals surface area contributed by atoms with Crippen molar-refractivity contribution in [2.75, 3.05) is 33.9 Å². The molecule has 1 fully saturated rings. The van der Waals surface area contributed by atoms with Crippen LogP contribution in [0.25, 0.3) is 0 Å². The molecule has 2 aliphatic rings. The predicted molar refractivity (Wildman–Crippen MR) is 84.1 cm³/mol. The molecule has 1 N–H and O–H groups in total. The lowest BCUT2D eigenvalue weighted by atomic mass is 10.0. The van der Waals surface area contributed by atoms with E-state index >= 15 is 0 Å². The lowest BCUT2D eigenvalue weighted by Crippen LogP contribution is -2.37. The van der Waals surface area contributed by atoms with Crippen LogP contribution in [0.1, 0.15) is 37.3 Å². The topological polar surface area (TPSA) is 33.7 Å². The molecule has 2 aliphatic heterocycles. The fourth-order valence-electron chi connectivity index (χ4n) is 3.34. The molecule has 21 heavy (non-hydrogen) atoms. The molecule has 1 aromatic rings. The SMILES string of the molecule is CNC1COc2cc(OCCC3CCCCN3C)ccc21. The van der Waals surface area contributed by atoms with Gasteiger partial charge in [-0.3, -0.25) is 0 Å². The van der Waals surface area contributed by atoms with E-state index in [0.717, 1.165) is 24.5 Å². The van der Waals surface area contributed by atoms with E-state index in [2.05, 4.69) is 29.4 Å². The number of rotatable bonds is 5. The molecule has 0 bridgehead atoms. The van der Waals surface area contributed by atoms with Crippen molar-refractivity contribution in [3.63, 3.8) is 0 Å². The van der Waals surface area contributed by atoms with Gasteiger partial charge in [0.1, 0.15) is 18.1 Å². The Hall–Kier alpha value is -1.26. The van der Waals surface area contributed by atoms with Crippen molar-refractivity contribution < 1.29 is 9.47 Å². The molecular weight excluding hydrogens is 264 g/mol. The minimum atomic E-state index is 0.310. The lowest BCUT2D eigenvalue weighted by molar-refractivity contribution is 0.153. The zero-order valence-electron chi connectivity index (χ0n) is 13.1. The summed E-state index contributed by atoms with van der Waals surface area (Å²) in [5.41, 5.74) is 1.23. The second kappa shape index (κ2) is 6.67. The number of fused-ring (bicyclic) bond motifs is 1. The van der Waals surface area contributed by atoms with Crippen LogP contribution in [0.3, 0.4) is 0 Å². The summed E-state index contributed by atoms with van der Waals surface area (Å²) in [7, 11) is 4.19. The summed E-state index contributed by atoms with van der Waals surface area (Å²) in [6, 6.07) is 7.19. The Morgan fingerprint density at radius 1 is 1.38 bits per heavy atom. The van der Waals surface area contributed by atoms with Gasteiger partial charge >= 0.3 is 0 Å². The fourth-order valence-corrected chi connectivity index (χ4v) is 3.34. The number of likely N-dealkylation sites (N-methyl/N-ethyl adjacent to an activating group) is 1. The number of ether oxygens (including phenoxy) is 2. The van der Waals surface area contributed by atoms with Gasteiger partial charge in [0.05, 0.1) is 12.6 Å². The molecule has 0 saturated carbocycles. The number of nitrogens with zero attached hydrogens (tertiary/aromatic N) is 1. The summed E-state index contributed by atoms with van der Waals surface area (Å²) in [6.45, 7) is 2.72. The van der Waals surface area contributed by atoms with E-state index in [1.165, 1.54) is 31.4 Å². The van der Waals surface area contributed by atoms with E-state index in [-0.39, 0.29) is 0 Å². The molecular formula is C17H26N2O2. The largest absolute Gasteiger partial charge is 0.493 e.